The average molecular weight is 227 g/mol. The number of hydrogen-bond donors (Lipinski definition) is 1. The normalized spacial score (nSPS) is 25.1. The van der Waals surface area contributed by atoms with Crippen LogP contribution in [0.2, 0.25) is 0 Å². The minimum absolute atomic E-state index is 0.0894. The fourth-order valence-corrected chi connectivity index (χ4v) is 2.18. The van der Waals surface area contributed by atoms with Crippen molar-refractivity contribution >= 4 is 11.9 Å². The van der Waals surface area contributed by atoms with Crippen molar-refractivity contribution in [3.05, 3.63) is 0 Å². The number of hydrogen-bond acceptors (Lipinski definition) is 2. The second-order valence-electron chi connectivity index (χ2n) is 5.10. The van der Waals surface area contributed by atoms with E-state index in [-0.39, 0.29) is 5.91 Å². The number of carboxylic acids is 1. The van der Waals surface area contributed by atoms with E-state index in [1.165, 1.54) is 0 Å². The molecule has 4 heteroatoms. The molecule has 1 amide bonds. The van der Waals surface area contributed by atoms with Gasteiger partial charge >= 0.3 is 5.97 Å². The van der Waals surface area contributed by atoms with Crippen LogP contribution in [-0.4, -0.2) is 35.0 Å². The number of carbonyl (C=O) groups excluding carboxylic acids is 1. The summed E-state index contributed by atoms with van der Waals surface area (Å²) < 4.78 is 0. The topological polar surface area (TPSA) is 57.6 Å². The van der Waals surface area contributed by atoms with Crippen molar-refractivity contribution in [3.63, 3.8) is 0 Å². The van der Waals surface area contributed by atoms with Crippen molar-refractivity contribution in [2.24, 2.45) is 11.3 Å². The lowest BCUT2D eigenvalue weighted by Crippen LogP contribution is -2.36. The lowest BCUT2D eigenvalue weighted by atomic mass is 9.84. The quantitative estimate of drug-likeness (QED) is 0.796. The van der Waals surface area contributed by atoms with E-state index in [9.17, 15) is 14.7 Å². The Balaban J connectivity index is 2.64. The van der Waals surface area contributed by atoms with Gasteiger partial charge in [0.2, 0.25) is 5.91 Å². The molecule has 1 heterocycles. The number of nitrogens with zero attached hydrogens (tertiary/aromatic N) is 1. The third kappa shape index (κ3) is 2.54. The van der Waals surface area contributed by atoms with Crippen molar-refractivity contribution in [2.45, 2.75) is 40.0 Å². The van der Waals surface area contributed by atoms with Gasteiger partial charge < -0.3 is 10.0 Å². The van der Waals surface area contributed by atoms with Gasteiger partial charge in [-0.25, -0.2) is 0 Å². The summed E-state index contributed by atoms with van der Waals surface area (Å²) in [6.07, 6.45) is 1.69. The maximum atomic E-state index is 11.8. The largest absolute Gasteiger partial charge is 0.481 e. The van der Waals surface area contributed by atoms with Gasteiger partial charge in [0.25, 0.3) is 0 Å². The summed E-state index contributed by atoms with van der Waals surface area (Å²) >= 11 is 0. The van der Waals surface area contributed by atoms with E-state index in [2.05, 4.69) is 0 Å². The van der Waals surface area contributed by atoms with Crippen molar-refractivity contribution in [1.82, 2.24) is 4.90 Å². The zero-order valence-corrected chi connectivity index (χ0v) is 10.3. The molecule has 0 aliphatic carbocycles. The van der Waals surface area contributed by atoms with E-state index in [0.717, 1.165) is 0 Å². The summed E-state index contributed by atoms with van der Waals surface area (Å²) in [6.45, 7) is 6.84. The van der Waals surface area contributed by atoms with Crippen LogP contribution in [0.25, 0.3) is 0 Å². The second-order valence-corrected chi connectivity index (χ2v) is 5.10. The monoisotopic (exact) mass is 227 g/mol. The first-order valence-electron chi connectivity index (χ1n) is 5.92. The Morgan fingerprint density at radius 1 is 1.44 bits per heavy atom. The van der Waals surface area contributed by atoms with E-state index in [4.69, 9.17) is 0 Å². The summed E-state index contributed by atoms with van der Waals surface area (Å²) in [4.78, 5) is 24.7. The molecule has 1 rings (SSSR count). The van der Waals surface area contributed by atoms with Gasteiger partial charge in [0, 0.05) is 19.5 Å². The van der Waals surface area contributed by atoms with Gasteiger partial charge in [-0.05, 0) is 18.8 Å². The van der Waals surface area contributed by atoms with Gasteiger partial charge in [-0.3, -0.25) is 9.59 Å². The Morgan fingerprint density at radius 2 is 2.06 bits per heavy atom. The molecule has 4 nitrogen and oxygen atoms in total. The number of carboxylic acid groups (broad SMARTS) is 1. The first-order valence-corrected chi connectivity index (χ1v) is 5.92. The van der Waals surface area contributed by atoms with Crippen LogP contribution in [0.15, 0.2) is 0 Å². The molecule has 0 radical (unpaired) electrons. The number of likely N-dealkylation sites (tertiary alicyclic amines) is 1. The lowest BCUT2D eigenvalue weighted by Gasteiger charge is -2.23. The molecular formula is C12H21NO3. The maximum absolute atomic E-state index is 11.8. The van der Waals surface area contributed by atoms with Crippen molar-refractivity contribution < 1.29 is 14.7 Å². The van der Waals surface area contributed by atoms with Gasteiger partial charge in [0.1, 0.15) is 0 Å². The number of aliphatic carboxylic acids is 1. The van der Waals surface area contributed by atoms with Crippen molar-refractivity contribution in [2.75, 3.05) is 13.1 Å². The van der Waals surface area contributed by atoms with Crippen molar-refractivity contribution in [1.29, 1.82) is 0 Å². The molecule has 0 aromatic carbocycles. The summed E-state index contributed by atoms with van der Waals surface area (Å²) in [5.41, 5.74) is -0.702. The summed E-state index contributed by atoms with van der Waals surface area (Å²) in [5.74, 6) is -0.352. The maximum Gasteiger partial charge on any atom is 0.311 e. The molecule has 1 atom stereocenters. The highest BCUT2D eigenvalue weighted by atomic mass is 16.4. The van der Waals surface area contributed by atoms with Gasteiger partial charge in [0.05, 0.1) is 5.41 Å². The molecule has 1 aliphatic heterocycles. The Morgan fingerprint density at radius 3 is 2.44 bits per heavy atom. The van der Waals surface area contributed by atoms with Gasteiger partial charge in [-0.1, -0.05) is 20.8 Å². The molecule has 0 bridgehead atoms. The average Bonchev–Trinajstić information content (AvgIpc) is 2.61. The van der Waals surface area contributed by atoms with Crippen LogP contribution in [0.1, 0.15) is 40.0 Å². The van der Waals surface area contributed by atoms with Crippen LogP contribution in [0, 0.1) is 11.3 Å². The minimum Gasteiger partial charge on any atom is -0.481 e. The van der Waals surface area contributed by atoms with Crippen molar-refractivity contribution in [3.8, 4) is 0 Å². The number of amides is 1. The lowest BCUT2D eigenvalue weighted by molar-refractivity contribution is -0.148. The van der Waals surface area contributed by atoms with Crippen LogP contribution < -0.4 is 0 Å². The Hall–Kier alpha value is -1.06. The van der Waals surface area contributed by atoms with Crippen LogP contribution in [-0.2, 0) is 9.59 Å². The molecule has 0 spiro atoms. The summed E-state index contributed by atoms with van der Waals surface area (Å²) in [7, 11) is 0. The molecule has 1 N–H and O–H groups in total. The molecular weight excluding hydrogens is 206 g/mol. The molecule has 1 fully saturated rings. The van der Waals surface area contributed by atoms with E-state index in [1.54, 1.807) is 4.90 Å². The predicted octanol–water partition coefficient (Wildman–Crippen LogP) is 1.75. The van der Waals surface area contributed by atoms with Gasteiger partial charge in [0.15, 0.2) is 0 Å². The highest BCUT2D eigenvalue weighted by Gasteiger charge is 2.44. The van der Waals surface area contributed by atoms with E-state index >= 15 is 0 Å². The third-order valence-electron chi connectivity index (χ3n) is 3.42. The number of carbonyl (C=O) groups is 2. The van der Waals surface area contributed by atoms with Crippen LogP contribution in [0.3, 0.4) is 0 Å². The van der Waals surface area contributed by atoms with Crippen LogP contribution in [0.5, 0.6) is 0 Å². The minimum atomic E-state index is -0.769. The van der Waals surface area contributed by atoms with Gasteiger partial charge in [-0.15, -0.1) is 0 Å². The zero-order chi connectivity index (χ0) is 12.3. The summed E-state index contributed by atoms with van der Waals surface area (Å²) in [5, 5.41) is 9.21. The third-order valence-corrected chi connectivity index (χ3v) is 3.42. The molecule has 1 saturated heterocycles. The highest BCUT2D eigenvalue weighted by Crippen LogP contribution is 2.34. The molecule has 1 aliphatic rings. The Kier molecular flexibility index (Phi) is 3.94. The highest BCUT2D eigenvalue weighted by molar-refractivity contribution is 5.80. The molecule has 0 saturated carbocycles. The van der Waals surface area contributed by atoms with E-state index in [0.29, 0.717) is 38.3 Å². The molecule has 16 heavy (non-hydrogen) atoms. The predicted molar refractivity (Wildman–Crippen MR) is 61.0 cm³/mol. The Labute approximate surface area is 96.6 Å². The fourth-order valence-electron chi connectivity index (χ4n) is 2.18. The molecule has 0 aromatic rings. The summed E-state index contributed by atoms with van der Waals surface area (Å²) in [6, 6.07) is 0. The molecule has 1 unspecified atom stereocenters. The first-order chi connectivity index (χ1) is 7.41. The van der Waals surface area contributed by atoms with Gasteiger partial charge in [-0.2, -0.15) is 0 Å². The number of rotatable bonds is 4. The second kappa shape index (κ2) is 4.85. The Bertz CT molecular complexity index is 288. The smallest absolute Gasteiger partial charge is 0.311 e. The standard InChI is InChI=1S/C12H21NO3/c1-4-12(11(15)16)5-6-13(8-12)10(14)7-9(2)3/h9H,4-8H2,1-3H3,(H,15,16). The zero-order valence-electron chi connectivity index (χ0n) is 10.3. The molecule has 0 aromatic heterocycles. The molecule has 92 valence electrons. The van der Waals surface area contributed by atoms with E-state index < -0.39 is 11.4 Å². The van der Waals surface area contributed by atoms with Crippen LogP contribution in [0.4, 0.5) is 0 Å². The SMILES string of the molecule is CCC1(C(=O)O)CCN(C(=O)CC(C)C)C1. The van der Waals surface area contributed by atoms with E-state index in [1.807, 2.05) is 20.8 Å². The first kappa shape index (κ1) is 13.0. The van der Waals surface area contributed by atoms with Crippen LogP contribution >= 0.6 is 0 Å². The fraction of sp³-hybridized carbons (Fsp3) is 0.833.